The second-order valence-corrected chi connectivity index (χ2v) is 9.43. The molecule has 1 saturated carbocycles. The third kappa shape index (κ3) is 3.19. The van der Waals surface area contributed by atoms with Gasteiger partial charge in [0.05, 0.1) is 10.8 Å². The van der Waals surface area contributed by atoms with Crippen LogP contribution in [0.1, 0.15) is 28.2 Å². The summed E-state index contributed by atoms with van der Waals surface area (Å²) in [5, 5.41) is 3.99. The topological polar surface area (TPSA) is 37.4 Å². The molecule has 0 unspecified atom stereocenters. The van der Waals surface area contributed by atoms with Crippen LogP contribution in [0.25, 0.3) is 0 Å². The van der Waals surface area contributed by atoms with E-state index in [4.69, 9.17) is 11.6 Å². The Bertz CT molecular complexity index is 717. The molecule has 3 rings (SSSR count). The Morgan fingerprint density at radius 1 is 1.43 bits per heavy atom. The van der Waals surface area contributed by atoms with E-state index in [2.05, 4.69) is 0 Å². The van der Waals surface area contributed by atoms with E-state index >= 15 is 0 Å². The second-order valence-electron chi connectivity index (χ2n) is 5.18. The number of thiophene rings is 2. The lowest BCUT2D eigenvalue weighted by atomic mass is 10.3. The van der Waals surface area contributed by atoms with Crippen LogP contribution in [-0.2, 0) is 22.4 Å². The van der Waals surface area contributed by atoms with Crippen LogP contribution in [0.2, 0.25) is 0 Å². The Morgan fingerprint density at radius 3 is 2.71 bits per heavy atom. The molecule has 0 N–H and O–H groups in total. The molecule has 0 atom stereocenters. The van der Waals surface area contributed by atoms with Crippen molar-refractivity contribution in [2.75, 3.05) is 0 Å². The summed E-state index contributed by atoms with van der Waals surface area (Å²) in [6, 6.07) is 3.86. The first kappa shape index (κ1) is 15.5. The molecule has 0 amide bonds. The Morgan fingerprint density at radius 2 is 2.19 bits per heavy atom. The largest absolute Gasteiger partial charge is 0.244 e. The fourth-order valence-electron chi connectivity index (χ4n) is 2.31. The van der Waals surface area contributed by atoms with Gasteiger partial charge in [-0.05, 0) is 48.2 Å². The molecule has 2 heterocycles. The fourth-order valence-corrected chi connectivity index (χ4v) is 6.34. The van der Waals surface area contributed by atoms with Gasteiger partial charge in [-0.15, -0.1) is 22.9 Å². The first-order valence-corrected chi connectivity index (χ1v) is 10.4. The molecule has 0 aromatic carbocycles. The van der Waals surface area contributed by atoms with Crippen molar-refractivity contribution in [3.63, 3.8) is 0 Å². The number of rotatable bonds is 6. The average Bonchev–Trinajstić information content (AvgIpc) is 2.99. The summed E-state index contributed by atoms with van der Waals surface area (Å²) in [4.78, 5) is 2.14. The van der Waals surface area contributed by atoms with Crippen molar-refractivity contribution < 1.29 is 8.42 Å². The van der Waals surface area contributed by atoms with Crippen LogP contribution in [0.3, 0.4) is 0 Å². The van der Waals surface area contributed by atoms with Crippen molar-refractivity contribution in [1.29, 1.82) is 0 Å². The Hall–Kier alpha value is -0.400. The van der Waals surface area contributed by atoms with Crippen molar-refractivity contribution in [2.45, 2.75) is 43.1 Å². The monoisotopic (exact) mass is 361 g/mol. The molecule has 0 radical (unpaired) electrons. The number of alkyl halides is 1. The lowest BCUT2D eigenvalue weighted by molar-refractivity contribution is 0.399. The molecule has 1 fully saturated rings. The summed E-state index contributed by atoms with van der Waals surface area (Å²) in [7, 11) is -3.44. The van der Waals surface area contributed by atoms with E-state index < -0.39 is 10.0 Å². The molecule has 7 heteroatoms. The first-order chi connectivity index (χ1) is 10.0. The minimum absolute atomic E-state index is 0.147. The van der Waals surface area contributed by atoms with Gasteiger partial charge in [-0.1, -0.05) is 0 Å². The number of sulfonamides is 1. The Kier molecular flexibility index (Phi) is 4.43. The molecule has 114 valence electrons. The summed E-state index contributed by atoms with van der Waals surface area (Å²) in [5.74, 6) is 0.356. The van der Waals surface area contributed by atoms with Crippen molar-refractivity contribution >= 4 is 44.3 Å². The summed E-state index contributed by atoms with van der Waals surface area (Å²) < 4.78 is 27.6. The SMILES string of the molecule is Cc1sc(CCl)cc1S(=O)(=O)N(Cc1ccsc1)C1CC1. The maximum absolute atomic E-state index is 13.0. The minimum atomic E-state index is -3.44. The minimum Gasteiger partial charge on any atom is -0.207 e. The predicted molar refractivity (Wildman–Crippen MR) is 88.7 cm³/mol. The smallest absolute Gasteiger partial charge is 0.207 e. The van der Waals surface area contributed by atoms with Crippen LogP contribution >= 0.6 is 34.3 Å². The van der Waals surface area contributed by atoms with Crippen molar-refractivity contribution in [3.8, 4) is 0 Å². The van der Waals surface area contributed by atoms with E-state index in [0.717, 1.165) is 28.2 Å². The lowest BCUT2D eigenvalue weighted by Gasteiger charge is -2.21. The second kappa shape index (κ2) is 6.01. The number of hydrogen-bond acceptors (Lipinski definition) is 4. The van der Waals surface area contributed by atoms with Gasteiger partial charge >= 0.3 is 0 Å². The molecular formula is C14H16ClNO2S3. The van der Waals surface area contributed by atoms with Gasteiger partial charge in [-0.2, -0.15) is 15.6 Å². The number of hydrogen-bond donors (Lipinski definition) is 0. The van der Waals surface area contributed by atoms with Gasteiger partial charge in [-0.3, -0.25) is 0 Å². The van der Waals surface area contributed by atoms with Gasteiger partial charge in [0, 0.05) is 22.3 Å². The average molecular weight is 362 g/mol. The molecule has 1 aliphatic rings. The van der Waals surface area contributed by atoms with Gasteiger partial charge in [-0.25, -0.2) is 8.42 Å². The molecule has 1 aliphatic carbocycles. The van der Waals surface area contributed by atoms with Crippen molar-refractivity contribution in [2.24, 2.45) is 0 Å². The van der Waals surface area contributed by atoms with E-state index in [9.17, 15) is 8.42 Å². The van der Waals surface area contributed by atoms with Crippen LogP contribution in [0.5, 0.6) is 0 Å². The van der Waals surface area contributed by atoms with E-state index in [-0.39, 0.29) is 6.04 Å². The van der Waals surface area contributed by atoms with Gasteiger partial charge in [0.1, 0.15) is 0 Å². The maximum Gasteiger partial charge on any atom is 0.244 e. The zero-order valence-corrected chi connectivity index (χ0v) is 14.8. The standard InChI is InChI=1S/C14H16ClNO2S3/c1-10-14(6-13(7-15)20-10)21(17,18)16(12-2-3-12)8-11-4-5-19-9-11/h4-6,9,12H,2-3,7-8H2,1H3. The number of nitrogens with zero attached hydrogens (tertiary/aromatic N) is 1. The van der Waals surface area contributed by atoms with Crippen LogP contribution in [0.4, 0.5) is 0 Å². The maximum atomic E-state index is 13.0. The fraction of sp³-hybridized carbons (Fsp3) is 0.429. The van der Waals surface area contributed by atoms with Gasteiger partial charge < -0.3 is 0 Å². The molecule has 2 aromatic rings. The van der Waals surface area contributed by atoms with Gasteiger partial charge in [0.25, 0.3) is 0 Å². The third-order valence-corrected chi connectivity index (χ3v) is 7.90. The quantitative estimate of drug-likeness (QED) is 0.723. The predicted octanol–water partition coefficient (Wildman–Crippen LogP) is 4.21. The molecule has 0 saturated heterocycles. The molecule has 3 nitrogen and oxygen atoms in total. The molecule has 0 spiro atoms. The van der Waals surface area contributed by atoms with E-state index in [1.165, 1.54) is 11.3 Å². The van der Waals surface area contributed by atoms with Crippen LogP contribution in [0, 0.1) is 6.92 Å². The highest BCUT2D eigenvalue weighted by atomic mass is 35.5. The molecule has 21 heavy (non-hydrogen) atoms. The zero-order valence-electron chi connectivity index (χ0n) is 11.6. The molecule has 2 aromatic heterocycles. The third-order valence-electron chi connectivity index (χ3n) is 3.51. The van der Waals surface area contributed by atoms with Crippen LogP contribution in [0.15, 0.2) is 27.8 Å². The van der Waals surface area contributed by atoms with E-state index in [1.54, 1.807) is 21.7 Å². The van der Waals surface area contributed by atoms with Crippen LogP contribution < -0.4 is 0 Å². The van der Waals surface area contributed by atoms with Gasteiger partial charge in [0.2, 0.25) is 10.0 Å². The number of aryl methyl sites for hydroxylation is 1. The molecule has 0 aliphatic heterocycles. The zero-order chi connectivity index (χ0) is 15.0. The number of halogens is 1. The summed E-state index contributed by atoms with van der Waals surface area (Å²) in [6.45, 7) is 2.31. The van der Waals surface area contributed by atoms with E-state index in [0.29, 0.717) is 17.3 Å². The highest BCUT2D eigenvalue weighted by Crippen LogP contribution is 2.36. The highest BCUT2D eigenvalue weighted by Gasteiger charge is 2.39. The van der Waals surface area contributed by atoms with Crippen molar-refractivity contribution in [3.05, 3.63) is 38.2 Å². The highest BCUT2D eigenvalue weighted by molar-refractivity contribution is 7.89. The van der Waals surface area contributed by atoms with E-state index in [1.807, 2.05) is 23.8 Å². The summed E-state index contributed by atoms with van der Waals surface area (Å²) in [5.41, 5.74) is 1.06. The summed E-state index contributed by atoms with van der Waals surface area (Å²) >= 11 is 8.89. The lowest BCUT2D eigenvalue weighted by Crippen LogP contribution is -2.32. The Labute approximate surface area is 138 Å². The Balaban J connectivity index is 1.95. The van der Waals surface area contributed by atoms with Crippen molar-refractivity contribution in [1.82, 2.24) is 4.31 Å². The summed E-state index contributed by atoms with van der Waals surface area (Å²) in [6.07, 6.45) is 1.91. The first-order valence-electron chi connectivity index (χ1n) is 6.70. The molecule has 0 bridgehead atoms. The normalized spacial score (nSPS) is 15.8. The van der Waals surface area contributed by atoms with Crippen LogP contribution in [-0.4, -0.2) is 18.8 Å². The molecular weight excluding hydrogens is 346 g/mol. The van der Waals surface area contributed by atoms with Gasteiger partial charge in [0.15, 0.2) is 0 Å².